The molecule has 0 amide bonds. The third kappa shape index (κ3) is 2.10. The molecule has 0 atom stereocenters. The van der Waals surface area contributed by atoms with Gasteiger partial charge >= 0.3 is 0 Å². The smallest absolute Gasteiger partial charge is 0.208 e. The third-order valence-electron chi connectivity index (χ3n) is 2.02. The maximum absolute atomic E-state index is 12.5. The largest absolute Gasteiger partial charge is 0.240 e. The topological polar surface area (TPSA) is 46.2 Å². The minimum absolute atomic E-state index is 0.0741. The highest BCUT2D eigenvalue weighted by molar-refractivity contribution is 7.89. The number of halogens is 1. The Morgan fingerprint density at radius 3 is 2.29 bits per heavy atom. The quantitative estimate of drug-likeness (QED) is 0.825. The molecule has 0 unspecified atom stereocenters. The minimum atomic E-state index is -3.43. The van der Waals surface area contributed by atoms with Crippen molar-refractivity contribution in [3.8, 4) is 0 Å². The Balaban J connectivity index is 2.24. The molecule has 0 spiro atoms. The van der Waals surface area contributed by atoms with Crippen LogP contribution in [0.5, 0.6) is 0 Å². The molecule has 14 heavy (non-hydrogen) atoms. The van der Waals surface area contributed by atoms with Crippen LogP contribution >= 0.6 is 0 Å². The van der Waals surface area contributed by atoms with E-state index in [4.69, 9.17) is 0 Å². The average molecular weight is 215 g/mol. The highest BCUT2D eigenvalue weighted by atomic mass is 32.2. The molecule has 1 N–H and O–H groups in total. The lowest BCUT2D eigenvalue weighted by molar-refractivity contribution is 0.580. The zero-order valence-electron chi connectivity index (χ0n) is 7.40. The van der Waals surface area contributed by atoms with Crippen molar-refractivity contribution in [2.75, 3.05) is 0 Å². The molecule has 0 bridgehead atoms. The van der Waals surface area contributed by atoms with E-state index < -0.39 is 15.8 Å². The summed E-state index contributed by atoms with van der Waals surface area (Å²) in [5.41, 5.74) is 0. The molecular formula is C9H10FNO2S. The number of benzene rings is 1. The Morgan fingerprint density at radius 2 is 1.79 bits per heavy atom. The molecule has 0 radical (unpaired) electrons. The van der Waals surface area contributed by atoms with Gasteiger partial charge in [-0.05, 0) is 37.1 Å². The highest BCUT2D eigenvalue weighted by Gasteiger charge is 2.27. The summed E-state index contributed by atoms with van der Waals surface area (Å²) < 4.78 is 38.2. The predicted octanol–water partition coefficient (Wildman–Crippen LogP) is 1.27. The van der Waals surface area contributed by atoms with Gasteiger partial charge in [0.2, 0.25) is 10.0 Å². The fourth-order valence-corrected chi connectivity index (χ4v) is 2.41. The van der Waals surface area contributed by atoms with E-state index in [1.54, 1.807) is 0 Å². The first-order chi connectivity index (χ1) is 6.58. The summed E-state index contributed by atoms with van der Waals surface area (Å²) in [5, 5.41) is 0. The molecular weight excluding hydrogens is 205 g/mol. The molecule has 76 valence electrons. The molecule has 1 aliphatic carbocycles. The highest BCUT2D eigenvalue weighted by Crippen LogP contribution is 2.22. The monoisotopic (exact) mass is 215 g/mol. The first-order valence-electron chi connectivity index (χ1n) is 4.36. The van der Waals surface area contributed by atoms with Crippen molar-refractivity contribution in [2.45, 2.75) is 23.8 Å². The first-order valence-corrected chi connectivity index (χ1v) is 5.84. The Kier molecular flexibility index (Phi) is 2.28. The van der Waals surface area contributed by atoms with Gasteiger partial charge in [-0.15, -0.1) is 0 Å². The summed E-state index contributed by atoms with van der Waals surface area (Å²) in [5.74, 6) is -0.435. The fraction of sp³-hybridized carbons (Fsp3) is 0.333. The molecule has 2 rings (SSSR count). The Bertz CT molecular complexity index is 423. The zero-order chi connectivity index (χ0) is 10.2. The lowest BCUT2D eigenvalue weighted by Gasteiger charge is -2.04. The molecule has 3 nitrogen and oxygen atoms in total. The van der Waals surface area contributed by atoms with Crippen LogP contribution < -0.4 is 4.72 Å². The summed E-state index contributed by atoms with van der Waals surface area (Å²) in [6.45, 7) is 0. The van der Waals surface area contributed by atoms with Gasteiger partial charge in [-0.1, -0.05) is 0 Å². The Hall–Kier alpha value is -0.940. The summed E-state index contributed by atoms with van der Waals surface area (Å²) in [7, 11) is -3.43. The van der Waals surface area contributed by atoms with E-state index in [-0.39, 0.29) is 10.9 Å². The molecule has 1 aliphatic rings. The van der Waals surface area contributed by atoms with Crippen LogP contribution in [0.3, 0.4) is 0 Å². The maximum Gasteiger partial charge on any atom is 0.240 e. The molecule has 1 aromatic rings. The van der Waals surface area contributed by atoms with E-state index in [0.29, 0.717) is 0 Å². The second-order valence-corrected chi connectivity index (χ2v) is 5.06. The van der Waals surface area contributed by atoms with Gasteiger partial charge in [-0.25, -0.2) is 17.5 Å². The van der Waals surface area contributed by atoms with Gasteiger partial charge in [-0.3, -0.25) is 0 Å². The summed E-state index contributed by atoms with van der Waals surface area (Å²) in [6, 6.07) is 4.88. The zero-order valence-corrected chi connectivity index (χ0v) is 8.22. The molecule has 0 saturated heterocycles. The number of sulfonamides is 1. The predicted molar refractivity (Wildman–Crippen MR) is 49.7 cm³/mol. The Morgan fingerprint density at radius 1 is 1.21 bits per heavy atom. The molecule has 1 aromatic carbocycles. The van der Waals surface area contributed by atoms with E-state index in [9.17, 15) is 12.8 Å². The van der Waals surface area contributed by atoms with E-state index in [1.165, 1.54) is 12.1 Å². The van der Waals surface area contributed by atoms with Gasteiger partial charge in [0.1, 0.15) is 5.82 Å². The van der Waals surface area contributed by atoms with Crippen LogP contribution in [0.25, 0.3) is 0 Å². The molecule has 5 heteroatoms. The molecule has 1 saturated carbocycles. The van der Waals surface area contributed by atoms with Crippen molar-refractivity contribution in [1.82, 2.24) is 4.72 Å². The van der Waals surface area contributed by atoms with Crippen molar-refractivity contribution in [3.05, 3.63) is 30.1 Å². The normalized spacial score (nSPS) is 16.9. The van der Waals surface area contributed by atoms with Crippen LogP contribution in [-0.4, -0.2) is 14.5 Å². The summed E-state index contributed by atoms with van der Waals surface area (Å²) in [4.78, 5) is 0.116. The van der Waals surface area contributed by atoms with E-state index in [2.05, 4.69) is 4.72 Å². The second kappa shape index (κ2) is 3.33. The molecule has 0 heterocycles. The van der Waals surface area contributed by atoms with Crippen LogP contribution in [0.2, 0.25) is 0 Å². The van der Waals surface area contributed by atoms with Crippen molar-refractivity contribution in [1.29, 1.82) is 0 Å². The third-order valence-corrected chi connectivity index (χ3v) is 3.56. The van der Waals surface area contributed by atoms with E-state index in [1.807, 2.05) is 0 Å². The second-order valence-electron chi connectivity index (χ2n) is 3.35. The Labute approximate surface area is 82.0 Å². The van der Waals surface area contributed by atoms with Crippen molar-refractivity contribution < 1.29 is 12.8 Å². The van der Waals surface area contributed by atoms with Crippen LogP contribution in [0, 0.1) is 5.82 Å². The van der Waals surface area contributed by atoms with Crippen LogP contribution in [0.15, 0.2) is 29.2 Å². The van der Waals surface area contributed by atoms with Gasteiger partial charge in [0, 0.05) is 6.04 Å². The number of hydrogen-bond acceptors (Lipinski definition) is 2. The van der Waals surface area contributed by atoms with Gasteiger partial charge in [0.05, 0.1) is 4.90 Å². The van der Waals surface area contributed by atoms with Gasteiger partial charge < -0.3 is 0 Å². The van der Waals surface area contributed by atoms with Crippen molar-refractivity contribution >= 4 is 10.0 Å². The SMILES string of the molecule is O=S(=O)(NC1CC1)c1ccc(F)cc1. The van der Waals surface area contributed by atoms with E-state index in [0.717, 1.165) is 25.0 Å². The van der Waals surface area contributed by atoms with Gasteiger partial charge in [-0.2, -0.15) is 0 Å². The van der Waals surface area contributed by atoms with Gasteiger partial charge in [0.25, 0.3) is 0 Å². The van der Waals surface area contributed by atoms with Gasteiger partial charge in [0.15, 0.2) is 0 Å². The molecule has 0 aliphatic heterocycles. The lowest BCUT2D eigenvalue weighted by atomic mass is 10.4. The molecule has 0 aromatic heterocycles. The first kappa shape index (κ1) is 9.61. The number of hydrogen-bond donors (Lipinski definition) is 1. The maximum atomic E-state index is 12.5. The minimum Gasteiger partial charge on any atom is -0.208 e. The molecule has 1 fully saturated rings. The summed E-state index contributed by atoms with van der Waals surface area (Å²) >= 11 is 0. The fourth-order valence-electron chi connectivity index (χ4n) is 1.10. The van der Waals surface area contributed by atoms with Crippen molar-refractivity contribution in [2.24, 2.45) is 0 Å². The lowest BCUT2D eigenvalue weighted by Crippen LogP contribution is -2.25. The van der Waals surface area contributed by atoms with Crippen LogP contribution in [0.4, 0.5) is 4.39 Å². The summed E-state index contributed by atoms with van der Waals surface area (Å²) in [6.07, 6.45) is 1.78. The van der Waals surface area contributed by atoms with Crippen LogP contribution in [-0.2, 0) is 10.0 Å². The van der Waals surface area contributed by atoms with Crippen LogP contribution in [0.1, 0.15) is 12.8 Å². The average Bonchev–Trinajstić information content (AvgIpc) is 2.88. The van der Waals surface area contributed by atoms with Crippen molar-refractivity contribution in [3.63, 3.8) is 0 Å². The van der Waals surface area contributed by atoms with E-state index >= 15 is 0 Å². The number of nitrogens with one attached hydrogen (secondary N) is 1. The number of rotatable bonds is 3. The standard InChI is InChI=1S/C9H10FNO2S/c10-7-1-5-9(6-2-7)14(12,13)11-8-3-4-8/h1-2,5-6,8,11H,3-4H2.